The number of carbonyl (C=O) groups is 1. The summed E-state index contributed by atoms with van der Waals surface area (Å²) in [6.07, 6.45) is 4.57. The molecule has 4 heterocycles. The highest BCUT2D eigenvalue weighted by molar-refractivity contribution is 5.76. The molecule has 1 amide bonds. The van der Waals surface area contributed by atoms with Crippen LogP contribution >= 0.6 is 0 Å². The van der Waals surface area contributed by atoms with Gasteiger partial charge in [-0.15, -0.1) is 0 Å². The summed E-state index contributed by atoms with van der Waals surface area (Å²) in [5.41, 5.74) is 1.97. The maximum atomic E-state index is 12.7. The molecule has 0 spiro atoms. The lowest BCUT2D eigenvalue weighted by Gasteiger charge is -2.35. The number of nitriles is 1. The summed E-state index contributed by atoms with van der Waals surface area (Å²) in [5.74, 6) is 0.921. The van der Waals surface area contributed by atoms with Crippen LogP contribution in [-0.4, -0.2) is 78.0 Å². The number of H-pyrrole nitrogens is 1. The Labute approximate surface area is 205 Å². The number of hydrogen-bond acceptors (Lipinski definition) is 8. The summed E-state index contributed by atoms with van der Waals surface area (Å²) < 4.78 is 5.96. The monoisotopic (exact) mass is 479 g/mol. The van der Waals surface area contributed by atoms with Crippen LogP contribution in [0.2, 0.25) is 0 Å². The number of hydrogen-bond donors (Lipinski definition) is 1. The smallest absolute Gasteiger partial charge is 0.269 e. The van der Waals surface area contributed by atoms with E-state index in [-0.39, 0.29) is 22.9 Å². The molecule has 4 rings (SSSR count). The average molecular weight is 480 g/mol. The minimum atomic E-state index is -0.174. The molecule has 0 saturated carbocycles. The molecule has 2 fully saturated rings. The molecule has 0 aromatic carbocycles. The third-order valence-corrected chi connectivity index (χ3v) is 6.82. The van der Waals surface area contributed by atoms with E-state index < -0.39 is 0 Å². The summed E-state index contributed by atoms with van der Waals surface area (Å²) in [5, 5.41) is 15.4. The molecule has 10 nitrogen and oxygen atoms in total. The standard InChI is InChI=1S/C25H33N7O3/c1-18-21(15-28-29-24(18)34)32-17-25(2,3)12-20(32)16-35-11-6-23(33)31-9-7-30(8-10-31)22-5-4-19(13-26)14-27-22/h4-5,14-15,20H,6-12,16-17H2,1-3H3,(H,29,34)/t20-/m0/s1. The van der Waals surface area contributed by atoms with E-state index in [0.717, 1.165) is 24.5 Å². The molecular weight excluding hydrogens is 446 g/mol. The highest BCUT2D eigenvalue weighted by Crippen LogP contribution is 2.37. The SMILES string of the molecule is Cc1c(N2CC(C)(C)C[C@H]2COCCC(=O)N2CCN(c3ccc(C#N)cn3)CC2)cn[nH]c1=O. The predicted octanol–water partition coefficient (Wildman–Crippen LogP) is 1.71. The Kier molecular flexibility index (Phi) is 7.36. The maximum Gasteiger partial charge on any atom is 0.269 e. The Morgan fingerprint density at radius 2 is 2.03 bits per heavy atom. The first-order valence-corrected chi connectivity index (χ1v) is 12.0. The second-order valence-electron chi connectivity index (χ2n) is 10.1. The molecule has 186 valence electrons. The van der Waals surface area contributed by atoms with Gasteiger partial charge in [0.05, 0.1) is 43.1 Å². The molecule has 2 aliphatic heterocycles. The Balaban J connectivity index is 1.24. The van der Waals surface area contributed by atoms with Crippen LogP contribution in [0.1, 0.15) is 37.8 Å². The van der Waals surface area contributed by atoms with Crippen LogP contribution in [0.15, 0.2) is 29.3 Å². The number of pyridine rings is 1. The number of carbonyl (C=O) groups excluding carboxylic acids is 1. The van der Waals surface area contributed by atoms with E-state index in [4.69, 9.17) is 10.00 Å². The molecule has 0 radical (unpaired) electrons. The van der Waals surface area contributed by atoms with Crippen molar-refractivity contribution < 1.29 is 9.53 Å². The molecular formula is C25H33N7O3. The second-order valence-corrected chi connectivity index (χ2v) is 10.1. The van der Waals surface area contributed by atoms with Crippen molar-refractivity contribution in [3.63, 3.8) is 0 Å². The third-order valence-electron chi connectivity index (χ3n) is 6.82. The Morgan fingerprint density at radius 1 is 1.26 bits per heavy atom. The molecule has 1 N–H and O–H groups in total. The zero-order chi connectivity index (χ0) is 25.0. The van der Waals surface area contributed by atoms with Crippen LogP contribution in [0.5, 0.6) is 0 Å². The van der Waals surface area contributed by atoms with Gasteiger partial charge in [-0.25, -0.2) is 10.1 Å². The van der Waals surface area contributed by atoms with Gasteiger partial charge in [0.1, 0.15) is 11.9 Å². The van der Waals surface area contributed by atoms with Crippen molar-refractivity contribution in [3.05, 3.63) is 46.0 Å². The number of nitrogens with zero attached hydrogens (tertiary/aromatic N) is 6. The molecule has 2 saturated heterocycles. The quantitative estimate of drug-likeness (QED) is 0.596. The Morgan fingerprint density at radius 3 is 2.71 bits per heavy atom. The van der Waals surface area contributed by atoms with E-state index in [1.807, 2.05) is 17.9 Å². The molecule has 0 aliphatic carbocycles. The second kappa shape index (κ2) is 10.4. The molecule has 10 heteroatoms. The zero-order valence-corrected chi connectivity index (χ0v) is 20.7. The summed E-state index contributed by atoms with van der Waals surface area (Å²) >= 11 is 0. The number of rotatable bonds is 7. The van der Waals surface area contributed by atoms with Crippen LogP contribution in [-0.2, 0) is 9.53 Å². The van der Waals surface area contributed by atoms with Gasteiger partial charge >= 0.3 is 0 Å². The lowest BCUT2D eigenvalue weighted by molar-refractivity contribution is -0.132. The van der Waals surface area contributed by atoms with Crippen molar-refractivity contribution in [2.75, 3.05) is 55.7 Å². The number of aromatic nitrogens is 3. The van der Waals surface area contributed by atoms with Crippen LogP contribution in [0.4, 0.5) is 11.5 Å². The van der Waals surface area contributed by atoms with Crippen LogP contribution < -0.4 is 15.4 Å². The number of ether oxygens (including phenoxy) is 1. The molecule has 1 atom stereocenters. The van der Waals surface area contributed by atoms with Crippen molar-refractivity contribution in [3.8, 4) is 6.07 Å². The Bertz CT molecular complexity index is 1130. The van der Waals surface area contributed by atoms with Crippen molar-refractivity contribution in [1.82, 2.24) is 20.1 Å². The molecule has 2 aromatic rings. The fraction of sp³-hybridized carbons (Fsp3) is 0.560. The van der Waals surface area contributed by atoms with E-state index in [1.165, 1.54) is 0 Å². The first-order chi connectivity index (χ1) is 16.8. The normalized spacial score (nSPS) is 19.6. The van der Waals surface area contributed by atoms with Gasteiger partial charge in [0.25, 0.3) is 5.56 Å². The molecule has 2 aromatic heterocycles. The number of nitrogens with one attached hydrogen (secondary N) is 1. The first kappa shape index (κ1) is 24.7. The first-order valence-electron chi connectivity index (χ1n) is 12.0. The summed E-state index contributed by atoms with van der Waals surface area (Å²) in [6, 6.07) is 5.82. The number of aromatic amines is 1. The summed E-state index contributed by atoms with van der Waals surface area (Å²) in [7, 11) is 0. The van der Waals surface area contributed by atoms with Crippen molar-refractivity contribution in [2.24, 2.45) is 5.41 Å². The van der Waals surface area contributed by atoms with Crippen molar-refractivity contribution in [2.45, 2.75) is 39.7 Å². The highest BCUT2D eigenvalue weighted by atomic mass is 16.5. The fourth-order valence-electron chi connectivity index (χ4n) is 4.93. The highest BCUT2D eigenvalue weighted by Gasteiger charge is 2.38. The molecule has 2 aliphatic rings. The minimum Gasteiger partial charge on any atom is -0.379 e. The Hall–Kier alpha value is -3.45. The van der Waals surface area contributed by atoms with Crippen molar-refractivity contribution in [1.29, 1.82) is 5.26 Å². The van der Waals surface area contributed by atoms with E-state index >= 15 is 0 Å². The van der Waals surface area contributed by atoms with Gasteiger partial charge in [-0.3, -0.25) is 9.59 Å². The number of piperazine rings is 1. The third kappa shape index (κ3) is 5.80. The van der Waals surface area contributed by atoms with Gasteiger partial charge in [-0.1, -0.05) is 13.8 Å². The van der Waals surface area contributed by atoms with Gasteiger partial charge in [0.15, 0.2) is 0 Å². The molecule has 35 heavy (non-hydrogen) atoms. The van der Waals surface area contributed by atoms with Gasteiger partial charge < -0.3 is 19.4 Å². The summed E-state index contributed by atoms with van der Waals surface area (Å²) in [6.45, 7) is 10.6. The average Bonchev–Trinajstić information content (AvgIpc) is 3.17. The lowest BCUT2D eigenvalue weighted by Crippen LogP contribution is -2.49. The van der Waals surface area contributed by atoms with Crippen LogP contribution in [0.3, 0.4) is 0 Å². The van der Waals surface area contributed by atoms with Crippen LogP contribution in [0, 0.1) is 23.7 Å². The van der Waals surface area contributed by atoms with Gasteiger partial charge in [0.2, 0.25) is 5.91 Å². The van der Waals surface area contributed by atoms with Gasteiger partial charge in [-0.2, -0.15) is 10.4 Å². The fourth-order valence-corrected chi connectivity index (χ4v) is 4.93. The molecule has 0 unspecified atom stereocenters. The van der Waals surface area contributed by atoms with Crippen LogP contribution in [0.25, 0.3) is 0 Å². The maximum absolute atomic E-state index is 12.7. The zero-order valence-electron chi connectivity index (χ0n) is 20.7. The largest absolute Gasteiger partial charge is 0.379 e. The molecule has 0 bridgehead atoms. The van der Waals surface area contributed by atoms with Gasteiger partial charge in [-0.05, 0) is 30.9 Å². The lowest BCUT2D eigenvalue weighted by atomic mass is 9.91. The minimum absolute atomic E-state index is 0.0932. The van der Waals surface area contributed by atoms with E-state index in [1.54, 1.807) is 18.5 Å². The van der Waals surface area contributed by atoms with Crippen molar-refractivity contribution >= 4 is 17.4 Å². The number of amides is 1. The number of anilines is 2. The topological polar surface area (TPSA) is 118 Å². The van der Waals surface area contributed by atoms with E-state index in [2.05, 4.69) is 44.9 Å². The van der Waals surface area contributed by atoms with E-state index in [9.17, 15) is 9.59 Å². The van der Waals surface area contributed by atoms with Gasteiger partial charge in [0, 0.05) is 44.5 Å². The predicted molar refractivity (Wildman–Crippen MR) is 132 cm³/mol. The van der Waals surface area contributed by atoms with E-state index in [0.29, 0.717) is 56.9 Å². The summed E-state index contributed by atoms with van der Waals surface area (Å²) in [4.78, 5) is 35.3.